The minimum atomic E-state index is -1.82. The Labute approximate surface area is 201 Å². The summed E-state index contributed by atoms with van der Waals surface area (Å²) in [7, 11) is 0. The Bertz CT molecular complexity index is 1140. The Morgan fingerprint density at radius 2 is 1.43 bits per heavy atom. The molecule has 1 fully saturated rings. The summed E-state index contributed by atoms with van der Waals surface area (Å²) < 4.78 is 21.4. The van der Waals surface area contributed by atoms with E-state index >= 15 is 0 Å². The van der Waals surface area contributed by atoms with Crippen molar-refractivity contribution in [3.63, 3.8) is 0 Å². The molecular formula is C26H24O9. The van der Waals surface area contributed by atoms with E-state index in [0.717, 1.165) is 0 Å². The fraction of sp³-hybridized carbons (Fsp3) is 0.231. The topological polar surface area (TPSA) is 132 Å². The van der Waals surface area contributed by atoms with Crippen molar-refractivity contribution in [1.29, 1.82) is 0 Å². The molecule has 1 saturated heterocycles. The lowest BCUT2D eigenvalue weighted by Gasteiger charge is -2.38. The lowest BCUT2D eigenvalue weighted by Crippen LogP contribution is -2.60. The predicted molar refractivity (Wildman–Crippen MR) is 121 cm³/mol. The molecule has 4 rings (SSSR count). The number of carbonyl (C=O) groups excluding carboxylic acids is 2. The summed E-state index contributed by atoms with van der Waals surface area (Å²) in [6.45, 7) is -0.0937. The third-order valence-electron chi connectivity index (χ3n) is 5.30. The minimum absolute atomic E-state index is 0.0815. The second-order valence-electron chi connectivity index (χ2n) is 7.84. The van der Waals surface area contributed by atoms with Crippen molar-refractivity contribution in [3.8, 4) is 11.5 Å². The number of aliphatic hydroxyl groups is 3. The van der Waals surface area contributed by atoms with Gasteiger partial charge in [-0.2, -0.15) is 0 Å². The van der Waals surface area contributed by atoms with Gasteiger partial charge in [-0.1, -0.05) is 54.6 Å². The van der Waals surface area contributed by atoms with Crippen LogP contribution in [0, 0.1) is 0 Å². The highest BCUT2D eigenvalue weighted by atomic mass is 16.7. The molecule has 0 amide bonds. The lowest BCUT2D eigenvalue weighted by atomic mass is 9.99. The van der Waals surface area contributed by atoms with Gasteiger partial charge in [0.15, 0.2) is 6.10 Å². The van der Waals surface area contributed by atoms with Gasteiger partial charge in [-0.15, -0.1) is 0 Å². The van der Waals surface area contributed by atoms with Gasteiger partial charge in [0.05, 0.1) is 5.56 Å². The molecule has 1 unspecified atom stereocenters. The molecule has 3 aromatic rings. The monoisotopic (exact) mass is 480 g/mol. The molecule has 0 radical (unpaired) electrons. The van der Waals surface area contributed by atoms with E-state index in [1.807, 2.05) is 6.07 Å². The number of carbonyl (C=O) groups is 2. The molecule has 1 heterocycles. The van der Waals surface area contributed by atoms with Gasteiger partial charge in [0.1, 0.15) is 36.4 Å². The van der Waals surface area contributed by atoms with Crippen molar-refractivity contribution in [3.05, 3.63) is 96.1 Å². The van der Waals surface area contributed by atoms with Gasteiger partial charge in [0.25, 0.3) is 0 Å². The van der Waals surface area contributed by atoms with Crippen LogP contribution in [-0.2, 0) is 25.6 Å². The summed E-state index contributed by atoms with van der Waals surface area (Å²) >= 11 is 0. The second kappa shape index (κ2) is 11.1. The molecule has 182 valence electrons. The molecule has 3 aromatic carbocycles. The van der Waals surface area contributed by atoms with E-state index in [4.69, 9.17) is 18.9 Å². The first-order valence-electron chi connectivity index (χ1n) is 10.9. The number of benzene rings is 3. The molecule has 5 atom stereocenters. The van der Waals surface area contributed by atoms with Gasteiger partial charge < -0.3 is 34.3 Å². The summed E-state index contributed by atoms with van der Waals surface area (Å²) in [6.07, 6.45) is -8.80. The van der Waals surface area contributed by atoms with Gasteiger partial charge in [-0.3, -0.25) is 0 Å². The highest BCUT2D eigenvalue weighted by Gasteiger charge is 2.49. The van der Waals surface area contributed by atoms with Crippen molar-refractivity contribution < 1.29 is 43.9 Å². The summed E-state index contributed by atoms with van der Waals surface area (Å²) in [6, 6.07) is 23.9. The molecule has 1 aliphatic heterocycles. The van der Waals surface area contributed by atoms with E-state index < -0.39 is 42.6 Å². The average Bonchev–Trinajstić information content (AvgIpc) is 2.89. The number of esters is 2. The van der Waals surface area contributed by atoms with E-state index in [-0.39, 0.29) is 12.2 Å². The number of aliphatic hydroxyl groups excluding tert-OH is 3. The molecule has 35 heavy (non-hydrogen) atoms. The van der Waals surface area contributed by atoms with Gasteiger partial charge in [-0.05, 0) is 35.9 Å². The minimum Gasteiger partial charge on any atom is -0.459 e. The highest BCUT2D eigenvalue weighted by Crippen LogP contribution is 2.26. The zero-order valence-corrected chi connectivity index (χ0v) is 18.5. The third kappa shape index (κ3) is 6.03. The molecule has 0 aromatic heterocycles. The first-order chi connectivity index (χ1) is 16.9. The van der Waals surface area contributed by atoms with Crippen LogP contribution < -0.4 is 4.74 Å². The fourth-order valence-electron chi connectivity index (χ4n) is 3.44. The van der Waals surface area contributed by atoms with Crippen molar-refractivity contribution in [2.45, 2.75) is 37.3 Å². The van der Waals surface area contributed by atoms with Crippen LogP contribution in [0.4, 0.5) is 0 Å². The van der Waals surface area contributed by atoms with Crippen LogP contribution in [-0.4, -0.2) is 58.0 Å². The number of ether oxygens (including phenoxy) is 4. The number of hydrogen-bond donors (Lipinski definition) is 3. The Kier molecular flexibility index (Phi) is 7.74. The van der Waals surface area contributed by atoms with Crippen LogP contribution in [0.5, 0.6) is 11.5 Å². The zero-order valence-electron chi connectivity index (χ0n) is 18.5. The molecule has 0 spiro atoms. The third-order valence-corrected chi connectivity index (χ3v) is 5.30. The van der Waals surface area contributed by atoms with Crippen LogP contribution in [0.25, 0.3) is 0 Å². The highest BCUT2D eigenvalue weighted by molar-refractivity contribution is 5.90. The van der Waals surface area contributed by atoms with Crippen LogP contribution in [0.1, 0.15) is 15.9 Å². The van der Waals surface area contributed by atoms with Crippen LogP contribution in [0.2, 0.25) is 0 Å². The molecule has 1 aliphatic rings. The molecule has 0 bridgehead atoms. The average molecular weight is 480 g/mol. The fourth-order valence-corrected chi connectivity index (χ4v) is 3.44. The number of rotatable bonds is 7. The zero-order chi connectivity index (χ0) is 24.8. The van der Waals surface area contributed by atoms with Gasteiger partial charge >= 0.3 is 11.9 Å². The molecule has 3 N–H and O–H groups in total. The van der Waals surface area contributed by atoms with Crippen LogP contribution in [0.15, 0.2) is 84.9 Å². The second-order valence-corrected chi connectivity index (χ2v) is 7.84. The van der Waals surface area contributed by atoms with E-state index in [1.165, 1.54) is 12.1 Å². The van der Waals surface area contributed by atoms with Crippen LogP contribution in [0.3, 0.4) is 0 Å². The molecular weight excluding hydrogens is 456 g/mol. The number of para-hydroxylation sites is 1. The molecule has 9 heteroatoms. The van der Waals surface area contributed by atoms with E-state index in [9.17, 15) is 24.9 Å². The maximum atomic E-state index is 12.7. The maximum absolute atomic E-state index is 12.7. The molecule has 0 aliphatic carbocycles. The van der Waals surface area contributed by atoms with E-state index in [1.54, 1.807) is 66.7 Å². The maximum Gasteiger partial charge on any atom is 0.340 e. The first-order valence-corrected chi connectivity index (χ1v) is 10.9. The summed E-state index contributed by atoms with van der Waals surface area (Å²) in [4.78, 5) is 25.2. The van der Waals surface area contributed by atoms with Gasteiger partial charge in [0.2, 0.25) is 6.29 Å². The van der Waals surface area contributed by atoms with Crippen molar-refractivity contribution in [2.24, 2.45) is 0 Å². The Balaban J connectivity index is 1.41. The quantitative estimate of drug-likeness (QED) is 0.435. The van der Waals surface area contributed by atoms with Gasteiger partial charge in [0, 0.05) is 0 Å². The lowest BCUT2D eigenvalue weighted by molar-refractivity contribution is -0.280. The SMILES string of the molecule is O=C(OC1O[C@H](C(=O)OCc2ccccc2)[C@@H](O)[C@H](O)[C@H]1O)c1cccc(Oc2ccccc2)c1. The van der Waals surface area contributed by atoms with Crippen molar-refractivity contribution in [2.75, 3.05) is 0 Å². The Morgan fingerprint density at radius 3 is 2.14 bits per heavy atom. The summed E-state index contributed by atoms with van der Waals surface area (Å²) in [5, 5.41) is 30.7. The molecule has 9 nitrogen and oxygen atoms in total. The Morgan fingerprint density at radius 1 is 0.771 bits per heavy atom. The van der Waals surface area contributed by atoms with E-state index in [0.29, 0.717) is 17.1 Å². The largest absolute Gasteiger partial charge is 0.459 e. The number of hydrogen-bond acceptors (Lipinski definition) is 9. The summed E-state index contributed by atoms with van der Waals surface area (Å²) in [5.41, 5.74) is 0.783. The summed E-state index contributed by atoms with van der Waals surface area (Å²) in [5.74, 6) is -0.939. The van der Waals surface area contributed by atoms with Crippen molar-refractivity contribution in [1.82, 2.24) is 0 Å². The Hall–Kier alpha value is -3.76. The predicted octanol–water partition coefficient (Wildman–Crippen LogP) is 2.19. The van der Waals surface area contributed by atoms with Gasteiger partial charge in [-0.25, -0.2) is 9.59 Å². The normalized spacial score (nSPS) is 23.8. The molecule has 0 saturated carbocycles. The standard InChI is InChI=1S/C26H24O9/c27-20-21(28)23(25(31)32-15-16-8-3-1-4-9-16)34-26(22(20)29)35-24(30)17-10-7-13-19(14-17)33-18-11-5-2-6-12-18/h1-14,20-23,26-29H,15H2/t20-,21-,22+,23-,26?/m0/s1. The first kappa shape index (κ1) is 24.4. The smallest absolute Gasteiger partial charge is 0.340 e. The van der Waals surface area contributed by atoms with Crippen molar-refractivity contribution >= 4 is 11.9 Å². The van der Waals surface area contributed by atoms with Crippen LogP contribution >= 0.6 is 0 Å². The van der Waals surface area contributed by atoms with E-state index in [2.05, 4.69) is 0 Å².